The Balaban J connectivity index is 1.29. The van der Waals surface area contributed by atoms with Gasteiger partial charge in [0, 0.05) is 11.9 Å². The minimum absolute atomic E-state index is 0.495. The van der Waals surface area contributed by atoms with Gasteiger partial charge in [0.15, 0.2) is 0 Å². The molecule has 0 amide bonds. The van der Waals surface area contributed by atoms with Crippen LogP contribution in [0.1, 0.15) is 31.2 Å². The first-order valence-electron chi connectivity index (χ1n) is 10.1. The molecule has 0 bridgehead atoms. The molecule has 1 aromatic heterocycles. The average molecular weight is 417 g/mol. The first-order chi connectivity index (χ1) is 14.2. The SMILES string of the molecule is CC1=C(/C=C/c2nc3ccccc3s2)CC/C1=C\CC1Sc2ccccc2N1C. The lowest BCUT2D eigenvalue weighted by atomic mass is 10.1. The highest BCUT2D eigenvalue weighted by Crippen LogP contribution is 2.44. The van der Waals surface area contributed by atoms with Crippen molar-refractivity contribution in [3.05, 3.63) is 82.4 Å². The molecule has 146 valence electrons. The van der Waals surface area contributed by atoms with Gasteiger partial charge < -0.3 is 4.90 Å². The highest BCUT2D eigenvalue weighted by molar-refractivity contribution is 8.00. The van der Waals surface area contributed by atoms with Crippen molar-refractivity contribution >= 4 is 45.1 Å². The topological polar surface area (TPSA) is 16.1 Å². The second kappa shape index (κ2) is 7.85. The number of hydrogen-bond acceptors (Lipinski definition) is 4. The summed E-state index contributed by atoms with van der Waals surface area (Å²) in [7, 11) is 2.21. The Morgan fingerprint density at radius 3 is 2.76 bits per heavy atom. The number of hydrogen-bond donors (Lipinski definition) is 0. The van der Waals surface area contributed by atoms with Crippen molar-refractivity contribution in [3.63, 3.8) is 0 Å². The molecule has 1 aliphatic heterocycles. The molecule has 0 saturated heterocycles. The van der Waals surface area contributed by atoms with E-state index in [1.807, 2.05) is 11.8 Å². The van der Waals surface area contributed by atoms with E-state index in [9.17, 15) is 0 Å². The summed E-state index contributed by atoms with van der Waals surface area (Å²) in [5.41, 5.74) is 6.86. The molecule has 1 unspecified atom stereocenters. The van der Waals surface area contributed by atoms with E-state index >= 15 is 0 Å². The van der Waals surface area contributed by atoms with Crippen LogP contribution in [-0.4, -0.2) is 17.4 Å². The lowest BCUT2D eigenvalue weighted by Gasteiger charge is -2.20. The third-order valence-corrected chi connectivity index (χ3v) is 8.25. The van der Waals surface area contributed by atoms with Crippen LogP contribution >= 0.6 is 23.1 Å². The van der Waals surface area contributed by atoms with Crippen molar-refractivity contribution in [2.24, 2.45) is 0 Å². The summed E-state index contributed by atoms with van der Waals surface area (Å²) < 4.78 is 1.25. The van der Waals surface area contributed by atoms with Crippen LogP contribution in [0.25, 0.3) is 16.3 Å². The number of aromatic nitrogens is 1. The van der Waals surface area contributed by atoms with Crippen molar-refractivity contribution < 1.29 is 0 Å². The Morgan fingerprint density at radius 1 is 1.07 bits per heavy atom. The van der Waals surface area contributed by atoms with Crippen molar-refractivity contribution in [3.8, 4) is 0 Å². The molecule has 29 heavy (non-hydrogen) atoms. The van der Waals surface area contributed by atoms with E-state index in [1.165, 1.54) is 32.0 Å². The molecule has 2 nitrogen and oxygen atoms in total. The fourth-order valence-electron chi connectivity index (χ4n) is 4.13. The van der Waals surface area contributed by atoms with Gasteiger partial charge in [-0.1, -0.05) is 48.2 Å². The Morgan fingerprint density at radius 2 is 1.90 bits per heavy atom. The van der Waals surface area contributed by atoms with Crippen LogP contribution in [-0.2, 0) is 0 Å². The quantitative estimate of drug-likeness (QED) is 0.444. The van der Waals surface area contributed by atoms with Gasteiger partial charge in [0.2, 0.25) is 0 Å². The lowest BCUT2D eigenvalue weighted by Crippen LogP contribution is -2.23. The van der Waals surface area contributed by atoms with Gasteiger partial charge in [0.05, 0.1) is 21.3 Å². The smallest absolute Gasteiger partial charge is 0.117 e. The Labute approximate surface area is 180 Å². The summed E-state index contributed by atoms with van der Waals surface area (Å²) in [5.74, 6) is 0. The number of fused-ring (bicyclic) bond motifs is 2. The van der Waals surface area contributed by atoms with E-state index in [2.05, 4.69) is 85.6 Å². The molecule has 3 aromatic rings. The summed E-state index contributed by atoms with van der Waals surface area (Å²) in [4.78, 5) is 8.54. The Bertz CT molecular complexity index is 1120. The molecule has 2 aliphatic rings. The van der Waals surface area contributed by atoms with Crippen LogP contribution in [0.2, 0.25) is 0 Å². The van der Waals surface area contributed by atoms with Crippen molar-refractivity contribution in [1.29, 1.82) is 0 Å². The first kappa shape index (κ1) is 18.7. The molecular weight excluding hydrogens is 392 g/mol. The van der Waals surface area contributed by atoms with Gasteiger partial charge in [-0.2, -0.15) is 0 Å². The fourth-order valence-corrected chi connectivity index (χ4v) is 6.24. The number of anilines is 1. The highest BCUT2D eigenvalue weighted by Gasteiger charge is 2.26. The molecular formula is C25H24N2S2. The second-order valence-electron chi connectivity index (χ2n) is 7.62. The fraction of sp³-hybridized carbons (Fsp3) is 0.240. The minimum Gasteiger partial charge on any atom is -0.361 e. The minimum atomic E-state index is 0.495. The van der Waals surface area contributed by atoms with Gasteiger partial charge in [-0.3, -0.25) is 0 Å². The predicted octanol–water partition coefficient (Wildman–Crippen LogP) is 7.30. The van der Waals surface area contributed by atoms with Gasteiger partial charge >= 0.3 is 0 Å². The summed E-state index contributed by atoms with van der Waals surface area (Å²) in [6.07, 6.45) is 10.3. The van der Waals surface area contributed by atoms with Gasteiger partial charge in [-0.15, -0.1) is 11.3 Å². The number of allylic oxidation sites excluding steroid dienone is 4. The van der Waals surface area contributed by atoms with Crippen molar-refractivity contribution in [2.75, 3.05) is 11.9 Å². The van der Waals surface area contributed by atoms with Gasteiger partial charge in [0.25, 0.3) is 0 Å². The molecule has 1 aliphatic carbocycles. The molecule has 1 atom stereocenters. The zero-order valence-electron chi connectivity index (χ0n) is 16.8. The third-order valence-electron chi connectivity index (χ3n) is 5.87. The van der Waals surface area contributed by atoms with Crippen LogP contribution < -0.4 is 4.90 Å². The maximum absolute atomic E-state index is 4.72. The largest absolute Gasteiger partial charge is 0.361 e. The third kappa shape index (κ3) is 3.67. The average Bonchev–Trinajstić information content (AvgIpc) is 3.41. The molecule has 2 aromatic carbocycles. The van der Waals surface area contributed by atoms with Gasteiger partial charge in [0.1, 0.15) is 5.01 Å². The molecule has 0 radical (unpaired) electrons. The number of rotatable bonds is 4. The first-order valence-corrected chi connectivity index (χ1v) is 11.8. The zero-order chi connectivity index (χ0) is 19.8. The molecule has 0 spiro atoms. The van der Waals surface area contributed by atoms with Crippen LogP contribution in [0.3, 0.4) is 0 Å². The van der Waals surface area contributed by atoms with Gasteiger partial charge in [-0.25, -0.2) is 4.98 Å². The highest BCUT2D eigenvalue weighted by atomic mass is 32.2. The summed E-state index contributed by atoms with van der Waals surface area (Å²) in [6.45, 7) is 2.27. The van der Waals surface area contributed by atoms with Crippen molar-refractivity contribution in [1.82, 2.24) is 4.98 Å². The molecule has 5 rings (SSSR count). The number of thioether (sulfide) groups is 1. The Kier molecular flexibility index (Phi) is 5.06. The monoisotopic (exact) mass is 416 g/mol. The van der Waals surface area contributed by atoms with Crippen LogP contribution in [0.5, 0.6) is 0 Å². The summed E-state index contributed by atoms with van der Waals surface area (Å²) >= 11 is 3.74. The molecule has 4 heteroatoms. The van der Waals surface area contributed by atoms with E-state index in [4.69, 9.17) is 4.98 Å². The number of thiazole rings is 1. The number of nitrogens with zero attached hydrogens (tertiary/aromatic N) is 2. The molecule has 0 saturated carbocycles. The van der Waals surface area contributed by atoms with Crippen molar-refractivity contribution in [2.45, 2.75) is 36.5 Å². The van der Waals surface area contributed by atoms with E-state index in [0.29, 0.717) is 5.37 Å². The maximum atomic E-state index is 4.72. The normalized spacial score (nSPS) is 20.6. The summed E-state index contributed by atoms with van der Waals surface area (Å²) in [6, 6.07) is 17.1. The number of para-hydroxylation sites is 2. The second-order valence-corrected chi connectivity index (χ2v) is 9.90. The lowest BCUT2D eigenvalue weighted by molar-refractivity contribution is 0.846. The van der Waals surface area contributed by atoms with E-state index in [1.54, 1.807) is 11.3 Å². The van der Waals surface area contributed by atoms with Crippen LogP contribution in [0.15, 0.2) is 82.3 Å². The molecule has 0 fully saturated rings. The van der Waals surface area contributed by atoms with Crippen LogP contribution in [0, 0.1) is 0 Å². The van der Waals surface area contributed by atoms with Crippen LogP contribution in [0.4, 0.5) is 5.69 Å². The van der Waals surface area contributed by atoms with E-state index < -0.39 is 0 Å². The maximum Gasteiger partial charge on any atom is 0.117 e. The van der Waals surface area contributed by atoms with Gasteiger partial charge in [-0.05, 0) is 73.2 Å². The molecule has 2 heterocycles. The molecule has 0 N–H and O–H groups in total. The Hall–Kier alpha value is -2.30. The summed E-state index contributed by atoms with van der Waals surface area (Å²) in [5, 5.41) is 1.58. The number of benzene rings is 2. The van der Waals surface area contributed by atoms with E-state index in [0.717, 1.165) is 29.8 Å². The predicted molar refractivity (Wildman–Crippen MR) is 128 cm³/mol. The van der Waals surface area contributed by atoms with E-state index in [-0.39, 0.29) is 0 Å². The standard InChI is InChI=1S/C25H24N2S2/c1-17-18(13-15-24-26-20-7-3-5-9-22(20)28-24)11-12-19(17)14-16-25-27(2)21-8-4-6-10-23(21)29-25/h3-10,13-15,25H,11-12,16H2,1-2H3/b15-13+,19-14+. The zero-order valence-corrected chi connectivity index (χ0v) is 18.4.